The van der Waals surface area contributed by atoms with Gasteiger partial charge in [-0.05, 0) is 12.1 Å². The van der Waals surface area contributed by atoms with Crippen molar-refractivity contribution in [2.24, 2.45) is 0 Å². The summed E-state index contributed by atoms with van der Waals surface area (Å²) in [6.07, 6.45) is 4.86. The van der Waals surface area contributed by atoms with Gasteiger partial charge in [-0.25, -0.2) is 4.98 Å². The van der Waals surface area contributed by atoms with E-state index in [1.165, 1.54) is 17.4 Å². The van der Waals surface area contributed by atoms with Gasteiger partial charge in [-0.15, -0.1) is 11.3 Å². The summed E-state index contributed by atoms with van der Waals surface area (Å²) in [4.78, 5) is 19.7. The van der Waals surface area contributed by atoms with Crippen molar-refractivity contribution in [1.82, 2.24) is 9.97 Å². The molecule has 0 saturated carbocycles. The molecule has 0 atom stereocenters. The van der Waals surface area contributed by atoms with Crippen molar-refractivity contribution in [1.29, 1.82) is 0 Å². The Labute approximate surface area is 128 Å². The first-order chi connectivity index (χ1) is 10.1. The topological polar surface area (TPSA) is 81.0 Å². The number of nitro benzene ring substituents is 1. The molecule has 0 bridgehead atoms. The minimum absolute atomic E-state index is 0.0683. The highest BCUT2D eigenvalue weighted by atomic mass is 35.5. The predicted octanol–water partition coefficient (Wildman–Crippen LogP) is 3.87. The molecule has 0 aliphatic rings. The van der Waals surface area contributed by atoms with Crippen LogP contribution in [0.25, 0.3) is 10.8 Å². The molecule has 3 aromatic rings. The first kappa shape index (κ1) is 13.7. The van der Waals surface area contributed by atoms with Crippen molar-refractivity contribution >= 4 is 45.1 Å². The normalized spacial score (nSPS) is 10.7. The quantitative estimate of drug-likeness (QED) is 0.583. The molecule has 0 fully saturated rings. The Morgan fingerprint density at radius 2 is 2.14 bits per heavy atom. The Balaban J connectivity index is 1.96. The van der Waals surface area contributed by atoms with Crippen LogP contribution in [-0.4, -0.2) is 14.9 Å². The summed E-state index contributed by atoms with van der Waals surface area (Å²) in [6.45, 7) is 0.548. The van der Waals surface area contributed by atoms with Gasteiger partial charge in [0, 0.05) is 40.6 Å². The predicted molar refractivity (Wildman–Crippen MR) is 82.8 cm³/mol. The van der Waals surface area contributed by atoms with E-state index in [1.54, 1.807) is 30.7 Å². The Morgan fingerprint density at radius 1 is 1.29 bits per heavy atom. The molecule has 8 heteroatoms. The lowest BCUT2D eigenvalue weighted by Crippen LogP contribution is -1.99. The third-order valence-electron chi connectivity index (χ3n) is 2.97. The van der Waals surface area contributed by atoms with Crippen LogP contribution in [0.4, 0.5) is 11.4 Å². The van der Waals surface area contributed by atoms with Gasteiger partial charge in [0.25, 0.3) is 5.69 Å². The smallest absolute Gasteiger partial charge is 0.277 e. The number of nitrogens with zero attached hydrogens (tertiary/aromatic N) is 3. The van der Waals surface area contributed by atoms with Crippen LogP contribution in [-0.2, 0) is 6.54 Å². The zero-order chi connectivity index (χ0) is 14.8. The van der Waals surface area contributed by atoms with E-state index in [0.717, 1.165) is 10.6 Å². The number of pyridine rings is 1. The molecule has 0 aliphatic carbocycles. The second-order valence-electron chi connectivity index (χ2n) is 4.24. The van der Waals surface area contributed by atoms with Crippen LogP contribution < -0.4 is 5.32 Å². The molecule has 0 spiro atoms. The van der Waals surface area contributed by atoms with Crippen LogP contribution in [0.1, 0.15) is 4.88 Å². The molecule has 106 valence electrons. The number of nitrogens with one attached hydrogen (secondary N) is 1. The largest absolute Gasteiger partial charge is 0.380 e. The van der Waals surface area contributed by atoms with Crippen LogP contribution in [0.15, 0.2) is 36.8 Å². The van der Waals surface area contributed by atoms with Gasteiger partial charge in [-0.2, -0.15) is 0 Å². The van der Waals surface area contributed by atoms with Crippen LogP contribution >= 0.6 is 22.9 Å². The highest BCUT2D eigenvalue weighted by Crippen LogP contribution is 2.31. The van der Waals surface area contributed by atoms with Crippen molar-refractivity contribution in [3.8, 4) is 0 Å². The number of nitro groups is 1. The fourth-order valence-electron chi connectivity index (χ4n) is 2.04. The van der Waals surface area contributed by atoms with Gasteiger partial charge in [0.1, 0.15) is 0 Å². The van der Waals surface area contributed by atoms with Gasteiger partial charge in [-0.3, -0.25) is 15.1 Å². The van der Waals surface area contributed by atoms with Gasteiger partial charge >= 0.3 is 0 Å². The lowest BCUT2D eigenvalue weighted by Gasteiger charge is -2.08. The first-order valence-electron chi connectivity index (χ1n) is 6.00. The maximum atomic E-state index is 11.1. The fourth-order valence-corrected chi connectivity index (χ4v) is 2.95. The average Bonchev–Trinajstić information content (AvgIpc) is 2.90. The molecule has 6 nitrogen and oxygen atoms in total. The minimum Gasteiger partial charge on any atom is -0.380 e. The van der Waals surface area contributed by atoms with Crippen LogP contribution in [0.5, 0.6) is 0 Å². The summed E-state index contributed by atoms with van der Waals surface area (Å²) >= 11 is 7.18. The van der Waals surface area contributed by atoms with Gasteiger partial charge in [0.15, 0.2) is 4.47 Å². The lowest BCUT2D eigenvalue weighted by atomic mass is 10.1. The van der Waals surface area contributed by atoms with E-state index in [0.29, 0.717) is 21.8 Å². The molecule has 1 aromatic carbocycles. The first-order valence-corrected chi connectivity index (χ1v) is 7.20. The minimum atomic E-state index is -0.394. The number of aromatic nitrogens is 2. The van der Waals surface area contributed by atoms with E-state index in [-0.39, 0.29) is 5.69 Å². The van der Waals surface area contributed by atoms with Crippen LogP contribution in [0.2, 0.25) is 4.47 Å². The number of benzene rings is 1. The van der Waals surface area contributed by atoms with Crippen LogP contribution in [0.3, 0.4) is 0 Å². The van der Waals surface area contributed by atoms with Crippen molar-refractivity contribution < 1.29 is 4.92 Å². The summed E-state index contributed by atoms with van der Waals surface area (Å²) < 4.78 is 0.488. The number of hydrogen-bond acceptors (Lipinski definition) is 6. The SMILES string of the molecule is O=[N+]([O-])c1ccc(NCc2cnc(Cl)s2)c2cnccc12. The van der Waals surface area contributed by atoms with Gasteiger partial charge < -0.3 is 5.32 Å². The molecular formula is C13H9ClN4O2S. The average molecular weight is 321 g/mol. The molecule has 3 rings (SSSR count). The Hall–Kier alpha value is -2.25. The molecule has 0 aliphatic heterocycles. The zero-order valence-corrected chi connectivity index (χ0v) is 12.2. The molecule has 2 aromatic heterocycles. The molecule has 1 N–H and O–H groups in total. The standard InChI is InChI=1S/C13H9ClN4O2S/c14-13-17-6-8(21-13)5-16-11-1-2-12(18(19)20)9-3-4-15-7-10(9)11/h1-4,6-7,16H,5H2. The number of rotatable bonds is 4. The Kier molecular flexibility index (Phi) is 3.68. The number of halogens is 1. The molecular weight excluding hydrogens is 312 g/mol. The number of anilines is 1. The van der Waals surface area contributed by atoms with E-state index in [1.807, 2.05) is 0 Å². The third kappa shape index (κ3) is 2.79. The molecule has 0 amide bonds. The monoisotopic (exact) mass is 320 g/mol. The van der Waals surface area contributed by atoms with Gasteiger partial charge in [0.05, 0.1) is 16.9 Å². The maximum absolute atomic E-state index is 11.1. The Morgan fingerprint density at radius 3 is 2.86 bits per heavy atom. The summed E-state index contributed by atoms with van der Waals surface area (Å²) in [5.74, 6) is 0. The number of fused-ring (bicyclic) bond motifs is 1. The zero-order valence-electron chi connectivity index (χ0n) is 10.6. The van der Waals surface area contributed by atoms with Gasteiger partial charge in [-0.1, -0.05) is 11.6 Å². The molecule has 2 heterocycles. The summed E-state index contributed by atoms with van der Waals surface area (Å²) in [5.41, 5.74) is 0.854. The maximum Gasteiger partial charge on any atom is 0.277 e. The van der Waals surface area contributed by atoms with E-state index < -0.39 is 4.92 Å². The van der Waals surface area contributed by atoms with E-state index in [9.17, 15) is 10.1 Å². The number of thiazole rings is 1. The number of hydrogen-bond donors (Lipinski definition) is 1. The molecule has 0 saturated heterocycles. The Bertz CT molecular complexity index is 821. The van der Waals surface area contributed by atoms with Crippen LogP contribution in [0, 0.1) is 10.1 Å². The van der Waals surface area contributed by atoms with Crippen molar-refractivity contribution in [3.05, 3.63) is 56.2 Å². The summed E-state index contributed by atoms with van der Waals surface area (Å²) in [7, 11) is 0. The second-order valence-corrected chi connectivity index (χ2v) is 5.94. The van der Waals surface area contributed by atoms with E-state index in [2.05, 4.69) is 15.3 Å². The summed E-state index contributed by atoms with van der Waals surface area (Å²) in [5, 5.41) is 15.6. The van der Waals surface area contributed by atoms with Gasteiger partial charge in [0.2, 0.25) is 0 Å². The van der Waals surface area contributed by atoms with Crippen molar-refractivity contribution in [3.63, 3.8) is 0 Å². The van der Waals surface area contributed by atoms with E-state index in [4.69, 9.17) is 11.6 Å². The third-order valence-corrected chi connectivity index (χ3v) is 4.09. The summed E-state index contributed by atoms with van der Waals surface area (Å²) in [6, 6.07) is 4.82. The highest BCUT2D eigenvalue weighted by Gasteiger charge is 2.14. The lowest BCUT2D eigenvalue weighted by molar-refractivity contribution is -0.383. The van der Waals surface area contributed by atoms with Crippen molar-refractivity contribution in [2.75, 3.05) is 5.32 Å². The molecule has 0 radical (unpaired) electrons. The van der Waals surface area contributed by atoms with Crippen molar-refractivity contribution in [2.45, 2.75) is 6.54 Å². The molecule has 0 unspecified atom stereocenters. The second kappa shape index (κ2) is 5.63. The number of non-ortho nitro benzene ring substituents is 1. The highest BCUT2D eigenvalue weighted by molar-refractivity contribution is 7.15. The molecule has 21 heavy (non-hydrogen) atoms. The van der Waals surface area contributed by atoms with E-state index >= 15 is 0 Å². The fraction of sp³-hybridized carbons (Fsp3) is 0.0769.